The van der Waals surface area contributed by atoms with Crippen LogP contribution >= 0.6 is 0 Å². The molecule has 0 unspecified atom stereocenters. The van der Waals surface area contributed by atoms with E-state index in [0.717, 1.165) is 25.8 Å². The van der Waals surface area contributed by atoms with Crippen LogP contribution < -0.4 is 5.32 Å². The first kappa shape index (κ1) is 21.2. The van der Waals surface area contributed by atoms with E-state index in [1.54, 1.807) is 6.08 Å². The zero-order valence-electron chi connectivity index (χ0n) is 15.9. The van der Waals surface area contributed by atoms with Crippen LogP contribution in [0.25, 0.3) is 0 Å². The third kappa shape index (κ3) is 13.2. The van der Waals surface area contributed by atoms with Crippen molar-refractivity contribution in [2.75, 3.05) is 6.54 Å². The maximum absolute atomic E-state index is 11.7. The molecular formula is C23H35NO. The molecule has 0 aromatic heterocycles. The topological polar surface area (TPSA) is 29.1 Å². The average Bonchev–Trinajstić information content (AvgIpc) is 2.64. The quantitative estimate of drug-likeness (QED) is 0.251. The fraction of sp³-hybridized carbons (Fsp3) is 0.522. The van der Waals surface area contributed by atoms with E-state index in [1.807, 2.05) is 18.2 Å². The van der Waals surface area contributed by atoms with Gasteiger partial charge in [0.25, 0.3) is 0 Å². The van der Waals surface area contributed by atoms with Crippen LogP contribution in [-0.2, 0) is 11.2 Å². The SMILES string of the molecule is CCCCCCCCCCNC(=O)/C=C/C=C\CCc1ccccc1. The van der Waals surface area contributed by atoms with Crippen molar-refractivity contribution in [3.63, 3.8) is 0 Å². The Balaban J connectivity index is 1.95. The first-order valence-electron chi connectivity index (χ1n) is 9.98. The lowest BCUT2D eigenvalue weighted by atomic mass is 10.1. The number of rotatable bonds is 14. The third-order valence-corrected chi connectivity index (χ3v) is 4.27. The molecule has 0 atom stereocenters. The van der Waals surface area contributed by atoms with Crippen molar-refractivity contribution < 1.29 is 4.79 Å². The van der Waals surface area contributed by atoms with E-state index in [0.29, 0.717) is 0 Å². The number of aryl methyl sites for hydroxylation is 1. The summed E-state index contributed by atoms with van der Waals surface area (Å²) in [6.45, 7) is 3.04. The van der Waals surface area contributed by atoms with Crippen LogP contribution in [-0.4, -0.2) is 12.5 Å². The summed E-state index contributed by atoms with van der Waals surface area (Å²) in [5.41, 5.74) is 1.35. The number of allylic oxidation sites excluding steroid dienone is 3. The van der Waals surface area contributed by atoms with Gasteiger partial charge in [-0.25, -0.2) is 0 Å². The molecular weight excluding hydrogens is 306 g/mol. The van der Waals surface area contributed by atoms with Crippen molar-refractivity contribution in [2.45, 2.75) is 71.1 Å². The Morgan fingerprint density at radius 1 is 0.920 bits per heavy atom. The predicted molar refractivity (Wildman–Crippen MR) is 109 cm³/mol. The number of unbranched alkanes of at least 4 members (excludes halogenated alkanes) is 7. The van der Waals surface area contributed by atoms with Gasteiger partial charge in [0.15, 0.2) is 0 Å². The van der Waals surface area contributed by atoms with Gasteiger partial charge in [-0.3, -0.25) is 4.79 Å². The lowest BCUT2D eigenvalue weighted by Gasteiger charge is -2.02. The molecule has 2 nitrogen and oxygen atoms in total. The molecule has 0 radical (unpaired) electrons. The summed E-state index contributed by atoms with van der Waals surface area (Å²) in [4.78, 5) is 11.7. The van der Waals surface area contributed by atoms with Crippen molar-refractivity contribution in [1.82, 2.24) is 5.32 Å². The van der Waals surface area contributed by atoms with Crippen LogP contribution in [0, 0.1) is 0 Å². The standard InChI is InChI=1S/C23H35NO/c1-2-3-4-5-6-7-10-16-21-24-23(25)20-15-9-8-12-17-22-18-13-11-14-19-22/h8-9,11,13-15,18-20H,2-7,10,12,16-17,21H2,1H3,(H,24,25)/b9-8-,20-15+. The van der Waals surface area contributed by atoms with Crippen LogP contribution in [0.3, 0.4) is 0 Å². The minimum Gasteiger partial charge on any atom is -0.353 e. The smallest absolute Gasteiger partial charge is 0.243 e. The normalized spacial score (nSPS) is 11.4. The maximum Gasteiger partial charge on any atom is 0.243 e. The number of benzene rings is 1. The zero-order valence-corrected chi connectivity index (χ0v) is 15.9. The van der Waals surface area contributed by atoms with E-state index in [4.69, 9.17) is 0 Å². The van der Waals surface area contributed by atoms with Gasteiger partial charge in [-0.15, -0.1) is 0 Å². The van der Waals surface area contributed by atoms with Crippen LogP contribution in [0.5, 0.6) is 0 Å². The minimum absolute atomic E-state index is 0.00987. The van der Waals surface area contributed by atoms with E-state index in [-0.39, 0.29) is 5.91 Å². The van der Waals surface area contributed by atoms with Gasteiger partial charge in [-0.2, -0.15) is 0 Å². The molecule has 1 N–H and O–H groups in total. The number of hydrogen-bond acceptors (Lipinski definition) is 1. The Hall–Kier alpha value is -1.83. The van der Waals surface area contributed by atoms with Crippen LogP contribution in [0.4, 0.5) is 0 Å². The van der Waals surface area contributed by atoms with E-state index >= 15 is 0 Å². The highest BCUT2D eigenvalue weighted by Crippen LogP contribution is 2.07. The molecule has 0 heterocycles. The van der Waals surface area contributed by atoms with Gasteiger partial charge >= 0.3 is 0 Å². The summed E-state index contributed by atoms with van der Waals surface area (Å²) in [6.07, 6.45) is 19.9. The van der Waals surface area contributed by atoms with Gasteiger partial charge in [-0.05, 0) is 24.8 Å². The van der Waals surface area contributed by atoms with Crippen molar-refractivity contribution in [1.29, 1.82) is 0 Å². The molecule has 0 fully saturated rings. The first-order valence-corrected chi connectivity index (χ1v) is 9.98. The minimum atomic E-state index is 0.00987. The second-order valence-electron chi connectivity index (χ2n) is 6.58. The molecule has 138 valence electrons. The van der Waals surface area contributed by atoms with Gasteiger partial charge < -0.3 is 5.32 Å². The van der Waals surface area contributed by atoms with Gasteiger partial charge in [0.2, 0.25) is 5.91 Å². The highest BCUT2D eigenvalue weighted by molar-refractivity contribution is 5.87. The molecule has 0 saturated carbocycles. The third-order valence-electron chi connectivity index (χ3n) is 4.27. The maximum atomic E-state index is 11.7. The zero-order chi connectivity index (χ0) is 18.0. The molecule has 0 aliphatic rings. The Kier molecular flexibility index (Phi) is 13.3. The van der Waals surface area contributed by atoms with E-state index in [1.165, 1.54) is 50.5 Å². The van der Waals surface area contributed by atoms with Gasteiger partial charge in [0.1, 0.15) is 0 Å². The fourth-order valence-electron chi connectivity index (χ4n) is 2.74. The summed E-state index contributed by atoms with van der Waals surface area (Å²) in [5.74, 6) is 0.00987. The van der Waals surface area contributed by atoms with E-state index in [2.05, 4.69) is 42.6 Å². The van der Waals surface area contributed by atoms with Gasteiger partial charge in [0, 0.05) is 12.6 Å². The van der Waals surface area contributed by atoms with Crippen molar-refractivity contribution in [2.24, 2.45) is 0 Å². The summed E-state index contributed by atoms with van der Waals surface area (Å²) in [5, 5.41) is 2.95. The number of amides is 1. The van der Waals surface area contributed by atoms with Gasteiger partial charge in [-0.1, -0.05) is 100 Å². The molecule has 1 rings (SSSR count). The molecule has 2 heteroatoms. The molecule has 25 heavy (non-hydrogen) atoms. The van der Waals surface area contributed by atoms with Crippen molar-refractivity contribution >= 4 is 5.91 Å². The van der Waals surface area contributed by atoms with Crippen LogP contribution in [0.1, 0.15) is 70.3 Å². The van der Waals surface area contributed by atoms with Crippen molar-refractivity contribution in [3.8, 4) is 0 Å². The second-order valence-corrected chi connectivity index (χ2v) is 6.58. The molecule has 0 aliphatic carbocycles. The van der Waals surface area contributed by atoms with Crippen LogP contribution in [0.15, 0.2) is 54.6 Å². The highest BCUT2D eigenvalue weighted by atomic mass is 16.1. The number of carbonyl (C=O) groups is 1. The molecule has 0 spiro atoms. The Bertz CT molecular complexity index is 490. The van der Waals surface area contributed by atoms with E-state index < -0.39 is 0 Å². The monoisotopic (exact) mass is 341 g/mol. The summed E-state index contributed by atoms with van der Waals surface area (Å²) in [7, 11) is 0. The molecule has 1 amide bonds. The molecule has 1 aromatic rings. The molecule has 0 saturated heterocycles. The Morgan fingerprint density at radius 2 is 1.60 bits per heavy atom. The molecule has 0 aliphatic heterocycles. The lowest BCUT2D eigenvalue weighted by Crippen LogP contribution is -2.21. The van der Waals surface area contributed by atoms with Crippen molar-refractivity contribution in [3.05, 3.63) is 60.2 Å². The average molecular weight is 342 g/mol. The summed E-state index contributed by atoms with van der Waals surface area (Å²) < 4.78 is 0. The summed E-state index contributed by atoms with van der Waals surface area (Å²) in [6, 6.07) is 10.4. The fourth-order valence-corrected chi connectivity index (χ4v) is 2.74. The highest BCUT2D eigenvalue weighted by Gasteiger charge is 1.94. The lowest BCUT2D eigenvalue weighted by molar-refractivity contribution is -0.116. The number of nitrogens with one attached hydrogen (secondary N) is 1. The first-order chi connectivity index (χ1) is 12.3. The number of hydrogen-bond donors (Lipinski definition) is 1. The molecule has 0 bridgehead atoms. The number of carbonyl (C=O) groups excluding carboxylic acids is 1. The van der Waals surface area contributed by atoms with Crippen LogP contribution in [0.2, 0.25) is 0 Å². The Morgan fingerprint density at radius 3 is 2.32 bits per heavy atom. The predicted octanol–water partition coefficient (Wildman–Crippen LogP) is 5.99. The molecule has 1 aromatic carbocycles. The second kappa shape index (κ2) is 15.7. The van der Waals surface area contributed by atoms with Gasteiger partial charge in [0.05, 0.1) is 0 Å². The Labute approximate surface area is 154 Å². The van der Waals surface area contributed by atoms with E-state index in [9.17, 15) is 4.79 Å². The largest absolute Gasteiger partial charge is 0.353 e. The summed E-state index contributed by atoms with van der Waals surface area (Å²) >= 11 is 0.